The number of halogens is 4. The van der Waals surface area contributed by atoms with Crippen LogP contribution >= 0.6 is 0 Å². The molecule has 8 heteroatoms. The molecule has 0 atom stereocenters. The highest BCUT2D eigenvalue weighted by Crippen LogP contribution is 2.33. The Morgan fingerprint density at radius 1 is 0.500 bits per heavy atom. The zero-order valence-corrected chi connectivity index (χ0v) is 24.2. The molecule has 0 bridgehead atoms. The maximum atomic E-state index is 13.8. The van der Waals surface area contributed by atoms with Crippen molar-refractivity contribution in [3.8, 4) is 23.0 Å². The molecule has 0 aliphatic heterocycles. The van der Waals surface area contributed by atoms with Gasteiger partial charge in [0.15, 0.2) is 23.0 Å². The van der Waals surface area contributed by atoms with Gasteiger partial charge in [-0.1, -0.05) is 39.5 Å². The van der Waals surface area contributed by atoms with Crippen LogP contribution in [0.3, 0.4) is 0 Å². The largest absolute Gasteiger partial charge is 0.491 e. The molecule has 2 saturated carbocycles. The van der Waals surface area contributed by atoms with E-state index in [0.29, 0.717) is 38.3 Å². The predicted molar refractivity (Wildman–Crippen MR) is 148 cm³/mol. The van der Waals surface area contributed by atoms with Crippen molar-refractivity contribution in [3.63, 3.8) is 0 Å². The second kappa shape index (κ2) is 16.0. The predicted octanol–water partition coefficient (Wildman–Crippen LogP) is 9.14. The molecule has 0 heterocycles. The molecule has 0 amide bonds. The smallest absolute Gasteiger partial charge is 0.204 e. The van der Waals surface area contributed by atoms with E-state index in [-0.39, 0.29) is 23.0 Å². The molecular weight excluding hydrogens is 524 g/mol. The van der Waals surface area contributed by atoms with E-state index in [9.17, 15) is 17.6 Å². The van der Waals surface area contributed by atoms with Gasteiger partial charge in [-0.05, 0) is 87.5 Å². The first-order valence-corrected chi connectivity index (χ1v) is 14.7. The van der Waals surface area contributed by atoms with Crippen LogP contribution in [0.15, 0.2) is 24.3 Å². The number of hydrogen-bond donors (Lipinski definition) is 0. The van der Waals surface area contributed by atoms with E-state index in [1.807, 2.05) is 0 Å². The maximum absolute atomic E-state index is 13.8. The first kappa shape index (κ1) is 31.9. The quantitative estimate of drug-likeness (QED) is 0.268. The number of benzene rings is 2. The van der Waals surface area contributed by atoms with Crippen LogP contribution in [0.4, 0.5) is 17.6 Å². The summed E-state index contributed by atoms with van der Waals surface area (Å²) in [6.07, 6.45) is 9.15. The third-order valence-corrected chi connectivity index (χ3v) is 7.84. The Morgan fingerprint density at radius 2 is 0.775 bits per heavy atom. The molecule has 2 aliphatic carbocycles. The minimum Gasteiger partial charge on any atom is -0.491 e. The molecular formula is C32H44F4O4. The molecule has 2 fully saturated rings. The van der Waals surface area contributed by atoms with Crippen LogP contribution in [-0.2, 0) is 0 Å². The molecule has 2 aliphatic rings. The zero-order valence-electron chi connectivity index (χ0n) is 24.2. The molecule has 2 aromatic rings. The van der Waals surface area contributed by atoms with Crippen LogP contribution in [0.2, 0.25) is 0 Å². The van der Waals surface area contributed by atoms with E-state index >= 15 is 0 Å². The Bertz CT molecular complexity index is 964. The summed E-state index contributed by atoms with van der Waals surface area (Å²) in [5, 5.41) is 0. The van der Waals surface area contributed by atoms with Gasteiger partial charge in [-0.3, -0.25) is 0 Å². The lowest BCUT2D eigenvalue weighted by molar-refractivity contribution is 0.181. The topological polar surface area (TPSA) is 36.9 Å². The molecule has 0 radical (unpaired) electrons. The van der Waals surface area contributed by atoms with Crippen molar-refractivity contribution in [3.05, 3.63) is 47.5 Å². The van der Waals surface area contributed by atoms with Crippen molar-refractivity contribution >= 4 is 0 Å². The molecule has 0 aromatic heterocycles. The van der Waals surface area contributed by atoms with E-state index in [1.54, 1.807) is 13.8 Å². The fourth-order valence-corrected chi connectivity index (χ4v) is 5.19. The first-order chi connectivity index (χ1) is 19.2. The molecule has 4 nitrogen and oxygen atoms in total. The average Bonchev–Trinajstić information content (AvgIpc) is 2.95. The number of hydrogen-bond acceptors (Lipinski definition) is 4. The summed E-state index contributed by atoms with van der Waals surface area (Å²) in [4.78, 5) is 0. The lowest BCUT2D eigenvalue weighted by atomic mass is 9.83. The third kappa shape index (κ3) is 9.20. The van der Waals surface area contributed by atoms with Crippen LogP contribution in [0.1, 0.15) is 79.1 Å². The molecule has 40 heavy (non-hydrogen) atoms. The SMILES string of the molecule is CCOc1ccc(OCC2CCC(C)CC2)c(F)c1F.CCOc1ccc(OCC2CCC(C)CC2)c(F)c1F. The summed E-state index contributed by atoms with van der Waals surface area (Å²) in [5.41, 5.74) is 0. The second-order valence-electron chi connectivity index (χ2n) is 11.1. The highest BCUT2D eigenvalue weighted by Gasteiger charge is 2.22. The zero-order chi connectivity index (χ0) is 29.1. The van der Waals surface area contributed by atoms with Gasteiger partial charge >= 0.3 is 0 Å². The summed E-state index contributed by atoms with van der Waals surface area (Å²) in [7, 11) is 0. The number of rotatable bonds is 10. The molecule has 224 valence electrons. The molecule has 0 saturated heterocycles. The Balaban J connectivity index is 0.000000220. The Hall–Kier alpha value is -2.64. The molecule has 0 N–H and O–H groups in total. The first-order valence-electron chi connectivity index (χ1n) is 14.7. The van der Waals surface area contributed by atoms with Gasteiger partial charge in [0, 0.05) is 0 Å². The summed E-state index contributed by atoms with van der Waals surface area (Å²) in [6, 6.07) is 5.71. The summed E-state index contributed by atoms with van der Waals surface area (Å²) in [5.74, 6) is -1.61. The molecule has 2 aromatic carbocycles. The minimum absolute atomic E-state index is 0.0235. The summed E-state index contributed by atoms with van der Waals surface area (Å²) >= 11 is 0. The Labute approximate surface area is 236 Å². The van der Waals surface area contributed by atoms with E-state index < -0.39 is 23.3 Å². The van der Waals surface area contributed by atoms with Crippen molar-refractivity contribution in [2.75, 3.05) is 26.4 Å². The summed E-state index contributed by atoms with van der Waals surface area (Å²) < 4.78 is 75.9. The van der Waals surface area contributed by atoms with Gasteiger partial charge in [0.25, 0.3) is 0 Å². The van der Waals surface area contributed by atoms with Crippen LogP contribution in [0.5, 0.6) is 23.0 Å². The lowest BCUT2D eigenvalue weighted by Crippen LogP contribution is -2.19. The van der Waals surface area contributed by atoms with E-state index in [1.165, 1.54) is 49.9 Å². The van der Waals surface area contributed by atoms with Crippen LogP contribution in [0, 0.1) is 46.9 Å². The summed E-state index contributed by atoms with van der Waals surface area (Å²) in [6.45, 7) is 9.47. The van der Waals surface area contributed by atoms with E-state index in [2.05, 4.69) is 13.8 Å². The van der Waals surface area contributed by atoms with Crippen LogP contribution in [-0.4, -0.2) is 26.4 Å². The van der Waals surface area contributed by atoms with Crippen molar-refractivity contribution < 1.29 is 36.5 Å². The number of ether oxygens (including phenoxy) is 4. The van der Waals surface area contributed by atoms with E-state index in [0.717, 1.165) is 37.5 Å². The van der Waals surface area contributed by atoms with Gasteiger partial charge in [0.1, 0.15) is 0 Å². The van der Waals surface area contributed by atoms with Gasteiger partial charge in [0.05, 0.1) is 26.4 Å². The van der Waals surface area contributed by atoms with Gasteiger partial charge in [-0.15, -0.1) is 0 Å². The Morgan fingerprint density at radius 3 is 1.05 bits per heavy atom. The lowest BCUT2D eigenvalue weighted by Gasteiger charge is -2.26. The molecule has 4 rings (SSSR count). The van der Waals surface area contributed by atoms with Crippen molar-refractivity contribution in [2.45, 2.75) is 79.1 Å². The highest BCUT2D eigenvalue weighted by molar-refractivity contribution is 5.35. The monoisotopic (exact) mass is 568 g/mol. The standard InChI is InChI=1S/2C16H22F2O2/c2*1-3-19-13-8-9-14(16(18)15(13)17)20-10-12-6-4-11(2)5-7-12/h2*8-9,11-12H,3-7,10H2,1-2H3. The van der Waals surface area contributed by atoms with Gasteiger partial charge < -0.3 is 18.9 Å². The van der Waals surface area contributed by atoms with E-state index in [4.69, 9.17) is 18.9 Å². The Kier molecular flexibility index (Phi) is 12.7. The van der Waals surface area contributed by atoms with Crippen molar-refractivity contribution in [2.24, 2.45) is 23.7 Å². The molecule has 0 unspecified atom stereocenters. The van der Waals surface area contributed by atoms with Crippen molar-refractivity contribution in [1.29, 1.82) is 0 Å². The average molecular weight is 569 g/mol. The van der Waals surface area contributed by atoms with Crippen LogP contribution in [0.25, 0.3) is 0 Å². The van der Waals surface area contributed by atoms with Crippen LogP contribution < -0.4 is 18.9 Å². The minimum atomic E-state index is -0.971. The third-order valence-electron chi connectivity index (χ3n) is 7.84. The fraction of sp³-hybridized carbons (Fsp3) is 0.625. The van der Waals surface area contributed by atoms with Gasteiger partial charge in [-0.25, -0.2) is 0 Å². The van der Waals surface area contributed by atoms with Gasteiger partial charge in [0.2, 0.25) is 23.3 Å². The highest BCUT2D eigenvalue weighted by atomic mass is 19.2. The fourth-order valence-electron chi connectivity index (χ4n) is 5.19. The molecule has 0 spiro atoms. The maximum Gasteiger partial charge on any atom is 0.204 e. The second-order valence-corrected chi connectivity index (χ2v) is 11.1. The normalized spacial score (nSPS) is 22.6. The van der Waals surface area contributed by atoms with Crippen molar-refractivity contribution in [1.82, 2.24) is 0 Å². The van der Waals surface area contributed by atoms with Gasteiger partial charge in [-0.2, -0.15) is 17.6 Å².